The Hall–Kier alpha value is -1.73. The van der Waals surface area contributed by atoms with E-state index in [2.05, 4.69) is 11.4 Å². The summed E-state index contributed by atoms with van der Waals surface area (Å²) in [6.45, 7) is 1.04. The zero-order chi connectivity index (χ0) is 9.97. The van der Waals surface area contributed by atoms with Crippen molar-refractivity contribution in [1.29, 1.82) is 5.26 Å². The second kappa shape index (κ2) is 3.56. The summed E-state index contributed by atoms with van der Waals surface area (Å²) in [5.74, 6) is 0.639. The number of ether oxygens (including phenoxy) is 1. The number of nitrogens with zero attached hydrogens (tertiary/aromatic N) is 1. The minimum Gasteiger partial charge on any atom is -0.488 e. The molecule has 4 nitrogen and oxygen atoms in total. The molecular weight excluding hydrogens is 178 g/mol. The van der Waals surface area contributed by atoms with Crippen LogP contribution in [-0.4, -0.2) is 19.2 Å². The number of nitriles is 1. The van der Waals surface area contributed by atoms with Gasteiger partial charge in [-0.1, -0.05) is 6.07 Å². The van der Waals surface area contributed by atoms with Gasteiger partial charge in [-0.2, -0.15) is 5.26 Å². The van der Waals surface area contributed by atoms with Crippen molar-refractivity contribution in [2.75, 3.05) is 18.5 Å². The molecule has 0 radical (unpaired) electrons. The lowest BCUT2D eigenvalue weighted by atomic mass is 10.1. The fourth-order valence-electron chi connectivity index (χ4n) is 1.47. The van der Waals surface area contributed by atoms with Crippen LogP contribution in [0.15, 0.2) is 18.2 Å². The van der Waals surface area contributed by atoms with Gasteiger partial charge in [-0.25, -0.2) is 0 Å². The third-order valence-corrected chi connectivity index (χ3v) is 2.21. The summed E-state index contributed by atoms with van der Waals surface area (Å²) in [7, 11) is 0. The molecule has 4 heteroatoms. The molecule has 1 aromatic carbocycles. The number of fused-ring (bicyclic) bond motifs is 1. The minimum atomic E-state index is 0.136. The molecule has 2 rings (SSSR count). The standard InChI is InChI=1S/C10H11N3O/c11-4-7-2-1-3-9-10(7)14-6-8(5-12)13-9/h1-3,8,13H,5-6,12H2. The molecule has 0 saturated carbocycles. The van der Waals surface area contributed by atoms with Gasteiger partial charge in [0.15, 0.2) is 5.75 Å². The zero-order valence-corrected chi connectivity index (χ0v) is 7.66. The van der Waals surface area contributed by atoms with Crippen LogP contribution < -0.4 is 15.8 Å². The van der Waals surface area contributed by atoms with Crippen LogP contribution in [0.25, 0.3) is 0 Å². The highest BCUT2D eigenvalue weighted by molar-refractivity contribution is 5.65. The van der Waals surface area contributed by atoms with E-state index < -0.39 is 0 Å². The van der Waals surface area contributed by atoms with Gasteiger partial charge in [-0.15, -0.1) is 0 Å². The van der Waals surface area contributed by atoms with E-state index >= 15 is 0 Å². The molecule has 0 fully saturated rings. The van der Waals surface area contributed by atoms with Gasteiger partial charge in [0.2, 0.25) is 0 Å². The van der Waals surface area contributed by atoms with E-state index in [0.717, 1.165) is 5.69 Å². The Morgan fingerprint density at radius 3 is 3.21 bits per heavy atom. The largest absolute Gasteiger partial charge is 0.488 e. The fraction of sp³-hybridized carbons (Fsp3) is 0.300. The van der Waals surface area contributed by atoms with Crippen LogP contribution in [0.4, 0.5) is 5.69 Å². The summed E-state index contributed by atoms with van der Waals surface area (Å²) in [5.41, 5.74) is 6.94. The molecule has 1 aliphatic heterocycles. The molecule has 0 bridgehead atoms. The predicted molar refractivity (Wildman–Crippen MR) is 53.1 cm³/mol. The molecule has 0 aliphatic carbocycles. The molecule has 1 unspecified atom stereocenters. The summed E-state index contributed by atoms with van der Waals surface area (Å²) in [4.78, 5) is 0. The molecule has 0 aromatic heterocycles. The molecule has 14 heavy (non-hydrogen) atoms. The zero-order valence-electron chi connectivity index (χ0n) is 7.66. The summed E-state index contributed by atoms with van der Waals surface area (Å²) in [5, 5.41) is 12.1. The number of hydrogen-bond acceptors (Lipinski definition) is 4. The maximum Gasteiger partial charge on any atom is 0.160 e. The van der Waals surface area contributed by atoms with E-state index in [1.807, 2.05) is 12.1 Å². The molecule has 1 aromatic rings. The summed E-state index contributed by atoms with van der Waals surface area (Å²) < 4.78 is 5.48. The topological polar surface area (TPSA) is 71.1 Å². The van der Waals surface area contributed by atoms with Gasteiger partial charge in [-0.3, -0.25) is 0 Å². The molecule has 0 spiro atoms. The maximum atomic E-state index is 8.83. The Labute approximate surface area is 82.3 Å². The van der Waals surface area contributed by atoms with Crippen molar-refractivity contribution in [3.63, 3.8) is 0 Å². The van der Waals surface area contributed by atoms with Crippen LogP contribution in [0.1, 0.15) is 5.56 Å². The van der Waals surface area contributed by atoms with E-state index in [0.29, 0.717) is 24.5 Å². The van der Waals surface area contributed by atoms with Crippen molar-refractivity contribution in [3.8, 4) is 11.8 Å². The van der Waals surface area contributed by atoms with Crippen molar-refractivity contribution in [1.82, 2.24) is 0 Å². The molecule has 72 valence electrons. The summed E-state index contributed by atoms with van der Waals surface area (Å²) >= 11 is 0. The number of rotatable bonds is 1. The first-order valence-electron chi connectivity index (χ1n) is 4.47. The van der Waals surface area contributed by atoms with Gasteiger partial charge >= 0.3 is 0 Å². The van der Waals surface area contributed by atoms with Crippen molar-refractivity contribution in [3.05, 3.63) is 23.8 Å². The third-order valence-electron chi connectivity index (χ3n) is 2.21. The highest BCUT2D eigenvalue weighted by Gasteiger charge is 2.19. The monoisotopic (exact) mass is 189 g/mol. The second-order valence-corrected chi connectivity index (χ2v) is 3.18. The van der Waals surface area contributed by atoms with E-state index in [9.17, 15) is 0 Å². The first-order chi connectivity index (χ1) is 6.85. The van der Waals surface area contributed by atoms with E-state index in [1.165, 1.54) is 0 Å². The Balaban J connectivity index is 2.36. The lowest BCUT2D eigenvalue weighted by Crippen LogP contribution is -2.37. The Kier molecular flexibility index (Phi) is 2.25. The lowest BCUT2D eigenvalue weighted by molar-refractivity contribution is 0.286. The van der Waals surface area contributed by atoms with Crippen LogP contribution in [0.3, 0.4) is 0 Å². The first-order valence-corrected chi connectivity index (χ1v) is 4.47. The third kappa shape index (κ3) is 1.38. The molecule has 3 N–H and O–H groups in total. The average molecular weight is 189 g/mol. The van der Waals surface area contributed by atoms with Crippen molar-refractivity contribution < 1.29 is 4.74 Å². The Bertz CT molecular complexity index is 383. The highest BCUT2D eigenvalue weighted by atomic mass is 16.5. The van der Waals surface area contributed by atoms with E-state index in [-0.39, 0.29) is 6.04 Å². The van der Waals surface area contributed by atoms with Gasteiger partial charge < -0.3 is 15.8 Å². The smallest absolute Gasteiger partial charge is 0.160 e. The number of nitrogens with two attached hydrogens (primary N) is 1. The van der Waals surface area contributed by atoms with E-state index in [1.54, 1.807) is 6.07 Å². The van der Waals surface area contributed by atoms with Crippen LogP contribution in [-0.2, 0) is 0 Å². The molecule has 1 aliphatic rings. The molecule has 0 saturated heterocycles. The molecule has 1 atom stereocenters. The fourth-order valence-corrected chi connectivity index (χ4v) is 1.47. The number of benzene rings is 1. The van der Waals surface area contributed by atoms with Crippen molar-refractivity contribution in [2.45, 2.75) is 6.04 Å². The normalized spacial score (nSPS) is 18.7. The Morgan fingerprint density at radius 2 is 2.50 bits per heavy atom. The van der Waals surface area contributed by atoms with Gasteiger partial charge in [-0.05, 0) is 12.1 Å². The van der Waals surface area contributed by atoms with E-state index in [4.69, 9.17) is 15.7 Å². The Morgan fingerprint density at radius 1 is 1.64 bits per heavy atom. The minimum absolute atomic E-state index is 0.136. The van der Waals surface area contributed by atoms with Crippen LogP contribution in [0, 0.1) is 11.3 Å². The van der Waals surface area contributed by atoms with Crippen LogP contribution >= 0.6 is 0 Å². The highest BCUT2D eigenvalue weighted by Crippen LogP contribution is 2.31. The first kappa shape index (κ1) is 8.85. The second-order valence-electron chi connectivity index (χ2n) is 3.18. The number of para-hydroxylation sites is 1. The van der Waals surface area contributed by atoms with Crippen LogP contribution in [0.2, 0.25) is 0 Å². The van der Waals surface area contributed by atoms with Gasteiger partial charge in [0, 0.05) is 6.54 Å². The number of nitrogens with one attached hydrogen (secondary N) is 1. The number of anilines is 1. The molecule has 0 amide bonds. The van der Waals surface area contributed by atoms with Crippen LogP contribution in [0.5, 0.6) is 5.75 Å². The summed E-state index contributed by atoms with van der Waals surface area (Å²) in [6, 6.07) is 7.68. The summed E-state index contributed by atoms with van der Waals surface area (Å²) in [6.07, 6.45) is 0. The lowest BCUT2D eigenvalue weighted by Gasteiger charge is -2.26. The van der Waals surface area contributed by atoms with Crippen molar-refractivity contribution >= 4 is 5.69 Å². The predicted octanol–water partition coefficient (Wildman–Crippen LogP) is 0.690. The number of hydrogen-bond donors (Lipinski definition) is 2. The van der Waals surface area contributed by atoms with Crippen molar-refractivity contribution in [2.24, 2.45) is 5.73 Å². The molecule has 1 heterocycles. The molecular formula is C10H11N3O. The SMILES string of the molecule is N#Cc1cccc2c1OCC(CN)N2. The van der Waals surface area contributed by atoms with Gasteiger partial charge in [0.1, 0.15) is 12.7 Å². The quantitative estimate of drug-likeness (QED) is 0.681. The van der Waals surface area contributed by atoms with Gasteiger partial charge in [0.25, 0.3) is 0 Å². The maximum absolute atomic E-state index is 8.83. The van der Waals surface area contributed by atoms with Gasteiger partial charge in [0.05, 0.1) is 17.3 Å². The average Bonchev–Trinajstić information content (AvgIpc) is 2.27.